The van der Waals surface area contributed by atoms with E-state index in [9.17, 15) is 8.42 Å². The highest BCUT2D eigenvalue weighted by atomic mass is 32.2. The van der Waals surface area contributed by atoms with E-state index in [0.29, 0.717) is 28.3 Å². The molecule has 0 aliphatic rings. The zero-order valence-corrected chi connectivity index (χ0v) is 11.5. The van der Waals surface area contributed by atoms with Crippen LogP contribution in [-0.4, -0.2) is 22.1 Å². The first kappa shape index (κ1) is 14.0. The van der Waals surface area contributed by atoms with Gasteiger partial charge < -0.3 is 4.74 Å². The molecule has 0 atom stereocenters. The molecule has 0 heterocycles. The molecule has 17 heavy (non-hydrogen) atoms. The van der Waals surface area contributed by atoms with Gasteiger partial charge in [0, 0.05) is 6.54 Å². The molecule has 0 fully saturated rings. The highest BCUT2D eigenvalue weighted by Crippen LogP contribution is 2.25. The third-order valence-corrected chi connectivity index (χ3v) is 4.25. The summed E-state index contributed by atoms with van der Waals surface area (Å²) in [5.74, 6) is 0.675. The Kier molecular flexibility index (Phi) is 4.54. The Morgan fingerprint density at radius 3 is 2.18 bits per heavy atom. The van der Waals surface area contributed by atoms with Crippen molar-refractivity contribution in [3.05, 3.63) is 23.3 Å². The molecule has 1 aromatic carbocycles. The maximum absolute atomic E-state index is 12.1. The molecule has 1 rings (SSSR count). The Labute approximate surface area is 103 Å². The molecule has 0 saturated carbocycles. The van der Waals surface area contributed by atoms with Gasteiger partial charge in [-0.2, -0.15) is 0 Å². The minimum absolute atomic E-state index is 0.353. The molecule has 0 saturated heterocycles. The SMILES string of the molecule is CCCNS(=O)(=O)c1c(C)cc(OC)cc1C. The molecule has 0 bridgehead atoms. The molecule has 0 spiro atoms. The third-order valence-electron chi connectivity index (χ3n) is 2.48. The van der Waals surface area contributed by atoms with Crippen molar-refractivity contribution in [2.24, 2.45) is 0 Å². The minimum Gasteiger partial charge on any atom is -0.497 e. The summed E-state index contributed by atoms with van der Waals surface area (Å²) in [6.07, 6.45) is 0.771. The van der Waals surface area contributed by atoms with Crippen LogP contribution in [0.2, 0.25) is 0 Å². The summed E-state index contributed by atoms with van der Waals surface area (Å²) >= 11 is 0. The van der Waals surface area contributed by atoms with Crippen LogP contribution in [-0.2, 0) is 10.0 Å². The van der Waals surface area contributed by atoms with Gasteiger partial charge in [0.15, 0.2) is 0 Å². The highest BCUT2D eigenvalue weighted by molar-refractivity contribution is 7.89. The minimum atomic E-state index is -3.41. The largest absolute Gasteiger partial charge is 0.497 e. The lowest BCUT2D eigenvalue weighted by Crippen LogP contribution is -2.25. The molecular formula is C12H19NO3S. The zero-order chi connectivity index (χ0) is 13.1. The molecule has 0 radical (unpaired) electrons. The Morgan fingerprint density at radius 2 is 1.76 bits per heavy atom. The molecule has 0 amide bonds. The van der Waals surface area contributed by atoms with E-state index in [4.69, 9.17) is 4.74 Å². The summed E-state index contributed by atoms with van der Waals surface area (Å²) in [6.45, 7) is 5.93. The van der Waals surface area contributed by atoms with E-state index in [2.05, 4.69) is 4.72 Å². The van der Waals surface area contributed by atoms with Gasteiger partial charge in [-0.1, -0.05) is 6.92 Å². The number of methoxy groups -OCH3 is 1. The van der Waals surface area contributed by atoms with Crippen molar-refractivity contribution in [1.82, 2.24) is 4.72 Å². The number of sulfonamides is 1. The van der Waals surface area contributed by atoms with E-state index in [1.165, 1.54) is 0 Å². The summed E-state index contributed by atoms with van der Waals surface area (Å²) < 4.78 is 31.8. The topological polar surface area (TPSA) is 55.4 Å². The Bertz CT molecular complexity index is 471. The number of ether oxygens (including phenoxy) is 1. The average Bonchev–Trinajstić information content (AvgIpc) is 2.25. The van der Waals surface area contributed by atoms with Crippen LogP contribution in [0.3, 0.4) is 0 Å². The lowest BCUT2D eigenvalue weighted by Gasteiger charge is -2.13. The molecule has 96 valence electrons. The number of benzene rings is 1. The van der Waals surface area contributed by atoms with Gasteiger partial charge in [-0.3, -0.25) is 0 Å². The number of hydrogen-bond acceptors (Lipinski definition) is 3. The quantitative estimate of drug-likeness (QED) is 0.877. The summed E-state index contributed by atoms with van der Waals surface area (Å²) in [7, 11) is -1.85. The summed E-state index contributed by atoms with van der Waals surface area (Å²) in [6, 6.07) is 3.46. The molecule has 5 heteroatoms. The van der Waals surface area contributed by atoms with Crippen LogP contribution in [0.1, 0.15) is 24.5 Å². The van der Waals surface area contributed by atoms with Crippen molar-refractivity contribution in [2.45, 2.75) is 32.1 Å². The fourth-order valence-corrected chi connectivity index (χ4v) is 3.34. The zero-order valence-electron chi connectivity index (χ0n) is 10.7. The van der Waals surface area contributed by atoms with E-state index >= 15 is 0 Å². The summed E-state index contributed by atoms with van der Waals surface area (Å²) in [5.41, 5.74) is 1.40. The number of hydrogen-bond donors (Lipinski definition) is 1. The molecule has 1 N–H and O–H groups in total. The monoisotopic (exact) mass is 257 g/mol. The molecule has 1 aromatic rings. The van der Waals surface area contributed by atoms with Gasteiger partial charge >= 0.3 is 0 Å². The summed E-state index contributed by atoms with van der Waals surface area (Å²) in [4.78, 5) is 0.353. The van der Waals surface area contributed by atoms with Gasteiger partial charge in [-0.25, -0.2) is 13.1 Å². The van der Waals surface area contributed by atoms with E-state index in [-0.39, 0.29) is 0 Å². The van der Waals surface area contributed by atoms with Crippen molar-refractivity contribution >= 4 is 10.0 Å². The van der Waals surface area contributed by atoms with Crippen LogP contribution in [0, 0.1) is 13.8 Å². The first-order valence-electron chi connectivity index (χ1n) is 5.57. The molecule has 0 aromatic heterocycles. The van der Waals surface area contributed by atoms with Crippen LogP contribution in [0.5, 0.6) is 5.75 Å². The van der Waals surface area contributed by atoms with Crippen LogP contribution in [0.4, 0.5) is 0 Å². The van der Waals surface area contributed by atoms with Crippen molar-refractivity contribution in [2.75, 3.05) is 13.7 Å². The van der Waals surface area contributed by atoms with Gasteiger partial charge in [-0.15, -0.1) is 0 Å². The van der Waals surface area contributed by atoms with Gasteiger partial charge in [0.25, 0.3) is 0 Å². The van der Waals surface area contributed by atoms with Crippen LogP contribution >= 0.6 is 0 Å². The maximum Gasteiger partial charge on any atom is 0.241 e. The number of rotatable bonds is 5. The number of aryl methyl sites for hydroxylation is 2. The third kappa shape index (κ3) is 3.20. The van der Waals surface area contributed by atoms with Crippen LogP contribution in [0.15, 0.2) is 17.0 Å². The molecular weight excluding hydrogens is 238 g/mol. The Morgan fingerprint density at radius 1 is 1.24 bits per heavy atom. The Hall–Kier alpha value is -1.07. The summed E-state index contributed by atoms with van der Waals surface area (Å²) in [5, 5.41) is 0. The predicted molar refractivity (Wildman–Crippen MR) is 67.9 cm³/mol. The molecule has 0 aliphatic heterocycles. The van der Waals surface area contributed by atoms with Gasteiger partial charge in [0.1, 0.15) is 5.75 Å². The fourth-order valence-electron chi connectivity index (χ4n) is 1.76. The van der Waals surface area contributed by atoms with E-state index in [1.54, 1.807) is 33.1 Å². The predicted octanol–water partition coefficient (Wildman–Crippen LogP) is 2.00. The fraction of sp³-hybridized carbons (Fsp3) is 0.500. The van der Waals surface area contributed by atoms with Crippen molar-refractivity contribution < 1.29 is 13.2 Å². The van der Waals surface area contributed by atoms with Crippen molar-refractivity contribution in [1.29, 1.82) is 0 Å². The van der Waals surface area contributed by atoms with Crippen LogP contribution < -0.4 is 9.46 Å². The normalized spacial score (nSPS) is 11.5. The van der Waals surface area contributed by atoms with E-state index < -0.39 is 10.0 Å². The second-order valence-corrected chi connectivity index (χ2v) is 5.69. The van der Waals surface area contributed by atoms with E-state index in [1.807, 2.05) is 6.92 Å². The number of nitrogens with one attached hydrogen (secondary N) is 1. The lowest BCUT2D eigenvalue weighted by molar-refractivity contribution is 0.413. The molecule has 0 unspecified atom stereocenters. The first-order valence-corrected chi connectivity index (χ1v) is 7.05. The van der Waals surface area contributed by atoms with Crippen molar-refractivity contribution in [3.8, 4) is 5.75 Å². The molecule has 4 nitrogen and oxygen atoms in total. The second-order valence-electron chi connectivity index (χ2n) is 3.99. The van der Waals surface area contributed by atoms with E-state index in [0.717, 1.165) is 6.42 Å². The Balaban J connectivity index is 3.23. The van der Waals surface area contributed by atoms with Gasteiger partial charge in [0.2, 0.25) is 10.0 Å². The van der Waals surface area contributed by atoms with Gasteiger partial charge in [0.05, 0.1) is 12.0 Å². The average molecular weight is 257 g/mol. The second kappa shape index (κ2) is 5.51. The maximum atomic E-state index is 12.1. The van der Waals surface area contributed by atoms with Crippen LogP contribution in [0.25, 0.3) is 0 Å². The van der Waals surface area contributed by atoms with Crippen molar-refractivity contribution in [3.63, 3.8) is 0 Å². The first-order chi connectivity index (χ1) is 7.92. The standard InChI is InChI=1S/C12H19NO3S/c1-5-6-13-17(14,15)12-9(2)7-11(16-4)8-10(12)3/h7-8,13H,5-6H2,1-4H3. The van der Waals surface area contributed by atoms with Gasteiger partial charge in [-0.05, 0) is 43.5 Å². The molecule has 0 aliphatic carbocycles. The smallest absolute Gasteiger partial charge is 0.241 e. The highest BCUT2D eigenvalue weighted by Gasteiger charge is 2.19. The lowest BCUT2D eigenvalue weighted by atomic mass is 10.1.